The molecule has 0 aliphatic carbocycles. The van der Waals surface area contributed by atoms with E-state index in [0.29, 0.717) is 13.1 Å². The van der Waals surface area contributed by atoms with Crippen molar-refractivity contribution in [2.45, 2.75) is 39.0 Å². The van der Waals surface area contributed by atoms with Crippen LogP contribution in [0.25, 0.3) is 10.8 Å². The van der Waals surface area contributed by atoms with Gasteiger partial charge in [-0.3, -0.25) is 4.79 Å². The number of amides is 2. The summed E-state index contributed by atoms with van der Waals surface area (Å²) in [6, 6.07) is 21.4. The van der Waals surface area contributed by atoms with Crippen LogP contribution in [0.4, 0.5) is 16.2 Å². The highest BCUT2D eigenvalue weighted by atomic mass is 16.6. The van der Waals surface area contributed by atoms with Crippen LogP contribution < -0.4 is 15.1 Å². The minimum atomic E-state index is -0.739. The van der Waals surface area contributed by atoms with Crippen molar-refractivity contribution in [2.24, 2.45) is 0 Å². The monoisotopic (exact) mass is 431 g/mol. The van der Waals surface area contributed by atoms with Crippen LogP contribution in [0, 0.1) is 0 Å². The number of rotatable bonds is 3. The molecule has 0 saturated heterocycles. The Bertz CT molecular complexity index is 1150. The maximum atomic E-state index is 13.7. The molecular weight excluding hydrogens is 402 g/mol. The van der Waals surface area contributed by atoms with Crippen LogP contribution in [0.3, 0.4) is 0 Å². The van der Waals surface area contributed by atoms with Gasteiger partial charge in [0.1, 0.15) is 11.6 Å². The Kier molecular flexibility index (Phi) is 5.78. The Labute approximate surface area is 188 Å². The summed E-state index contributed by atoms with van der Waals surface area (Å²) in [7, 11) is 1.93. The van der Waals surface area contributed by atoms with Gasteiger partial charge in [0.05, 0.1) is 17.9 Å². The van der Waals surface area contributed by atoms with Crippen molar-refractivity contribution in [1.29, 1.82) is 0 Å². The van der Waals surface area contributed by atoms with Crippen LogP contribution in [-0.4, -0.2) is 37.2 Å². The summed E-state index contributed by atoms with van der Waals surface area (Å²) in [6.07, 6.45) is -0.597. The van der Waals surface area contributed by atoms with Crippen LogP contribution in [0.5, 0.6) is 0 Å². The average Bonchev–Trinajstić information content (AvgIpc) is 2.83. The number of likely N-dealkylation sites (N-methyl/N-ethyl adjacent to an activating group) is 1. The molecule has 0 saturated carbocycles. The second-order valence-corrected chi connectivity index (χ2v) is 9.13. The molecule has 1 aliphatic rings. The molecule has 0 radical (unpaired) electrons. The number of hydrogen-bond acceptors (Lipinski definition) is 4. The fourth-order valence-corrected chi connectivity index (χ4v) is 4.09. The van der Waals surface area contributed by atoms with Gasteiger partial charge in [0, 0.05) is 13.6 Å². The molecule has 0 unspecified atom stereocenters. The fraction of sp³-hybridized carbons (Fsp3) is 0.308. The van der Waals surface area contributed by atoms with Crippen molar-refractivity contribution in [3.63, 3.8) is 0 Å². The lowest BCUT2D eigenvalue weighted by Gasteiger charge is -2.27. The number of benzene rings is 3. The van der Waals surface area contributed by atoms with Crippen LogP contribution >= 0.6 is 0 Å². The molecular formula is C26H29N3O3. The van der Waals surface area contributed by atoms with Crippen molar-refractivity contribution in [2.75, 3.05) is 23.4 Å². The molecule has 6 nitrogen and oxygen atoms in total. The lowest BCUT2D eigenvalue weighted by atomic mass is 10.0. The van der Waals surface area contributed by atoms with E-state index in [1.165, 1.54) is 0 Å². The molecule has 0 bridgehead atoms. The number of para-hydroxylation sites is 2. The third kappa shape index (κ3) is 4.54. The number of carbonyl (C=O) groups excluding carboxylic acids is 2. The summed E-state index contributed by atoms with van der Waals surface area (Å²) in [4.78, 5) is 30.0. The fourth-order valence-electron chi connectivity index (χ4n) is 4.09. The first-order valence-electron chi connectivity index (χ1n) is 10.8. The molecule has 2 amide bonds. The van der Waals surface area contributed by atoms with Gasteiger partial charge in [-0.2, -0.15) is 0 Å². The lowest BCUT2D eigenvalue weighted by Crippen LogP contribution is -2.52. The second kappa shape index (κ2) is 8.54. The number of carbonyl (C=O) groups is 2. The summed E-state index contributed by atoms with van der Waals surface area (Å²) in [6.45, 7) is 6.15. The van der Waals surface area contributed by atoms with Crippen LogP contribution in [-0.2, 0) is 16.1 Å². The zero-order valence-electron chi connectivity index (χ0n) is 19.0. The first-order valence-corrected chi connectivity index (χ1v) is 10.8. The molecule has 3 aromatic carbocycles. The average molecular weight is 432 g/mol. The molecule has 0 aromatic heterocycles. The first kappa shape index (κ1) is 21.7. The third-order valence-corrected chi connectivity index (χ3v) is 5.50. The van der Waals surface area contributed by atoms with E-state index < -0.39 is 17.7 Å². The number of nitrogens with zero attached hydrogens (tertiary/aromatic N) is 2. The Morgan fingerprint density at radius 3 is 2.41 bits per heavy atom. The quantitative estimate of drug-likeness (QED) is 0.652. The Morgan fingerprint density at radius 2 is 1.66 bits per heavy atom. The topological polar surface area (TPSA) is 61.9 Å². The van der Waals surface area contributed by atoms with Crippen molar-refractivity contribution < 1.29 is 14.3 Å². The van der Waals surface area contributed by atoms with Crippen LogP contribution in [0.1, 0.15) is 26.3 Å². The molecule has 1 atom stereocenters. The predicted molar refractivity (Wildman–Crippen MR) is 128 cm³/mol. The smallest absolute Gasteiger partial charge is 0.408 e. The summed E-state index contributed by atoms with van der Waals surface area (Å²) in [5, 5.41) is 5.02. The van der Waals surface area contributed by atoms with Crippen LogP contribution in [0.2, 0.25) is 0 Å². The highest BCUT2D eigenvalue weighted by Crippen LogP contribution is 2.34. The zero-order chi connectivity index (χ0) is 22.9. The molecule has 1 heterocycles. The van der Waals surface area contributed by atoms with E-state index in [4.69, 9.17) is 4.74 Å². The van der Waals surface area contributed by atoms with E-state index in [1.54, 1.807) is 25.7 Å². The molecule has 4 rings (SSSR count). The van der Waals surface area contributed by atoms with Crippen molar-refractivity contribution in [3.05, 3.63) is 72.3 Å². The normalized spacial score (nSPS) is 16.5. The lowest BCUT2D eigenvalue weighted by molar-refractivity contribution is -0.120. The predicted octanol–water partition coefficient (Wildman–Crippen LogP) is 4.72. The molecule has 0 fully saturated rings. The van der Waals surface area contributed by atoms with Gasteiger partial charge in [-0.05, 0) is 49.2 Å². The third-order valence-electron chi connectivity index (χ3n) is 5.50. The van der Waals surface area contributed by atoms with Crippen molar-refractivity contribution in [3.8, 4) is 0 Å². The molecule has 0 spiro atoms. The van der Waals surface area contributed by atoms with Gasteiger partial charge < -0.3 is 19.9 Å². The number of fused-ring (bicyclic) bond motifs is 2. The Morgan fingerprint density at radius 1 is 1.00 bits per heavy atom. The van der Waals surface area contributed by atoms with E-state index in [2.05, 4.69) is 23.5 Å². The molecule has 1 aliphatic heterocycles. The van der Waals surface area contributed by atoms with E-state index in [-0.39, 0.29) is 5.91 Å². The van der Waals surface area contributed by atoms with Gasteiger partial charge in [-0.25, -0.2) is 4.79 Å². The van der Waals surface area contributed by atoms with Gasteiger partial charge in [0.2, 0.25) is 0 Å². The maximum Gasteiger partial charge on any atom is 0.408 e. The van der Waals surface area contributed by atoms with Gasteiger partial charge in [0.15, 0.2) is 0 Å². The first-order chi connectivity index (χ1) is 15.2. The Hall–Kier alpha value is -3.54. The van der Waals surface area contributed by atoms with E-state index >= 15 is 0 Å². The summed E-state index contributed by atoms with van der Waals surface area (Å²) in [5.41, 5.74) is 2.16. The molecule has 166 valence electrons. The van der Waals surface area contributed by atoms with Gasteiger partial charge in [-0.15, -0.1) is 0 Å². The number of alkyl carbamates (subject to hydrolysis) is 1. The zero-order valence-corrected chi connectivity index (χ0v) is 19.0. The van der Waals surface area contributed by atoms with Gasteiger partial charge >= 0.3 is 6.09 Å². The highest BCUT2D eigenvalue weighted by molar-refractivity contribution is 6.03. The van der Waals surface area contributed by atoms with E-state index in [1.807, 2.05) is 60.5 Å². The number of anilines is 2. The molecule has 1 N–H and O–H groups in total. The largest absolute Gasteiger partial charge is 0.444 e. The van der Waals surface area contributed by atoms with Crippen molar-refractivity contribution >= 4 is 34.1 Å². The Balaban J connectivity index is 1.71. The molecule has 3 aromatic rings. The number of nitrogens with one attached hydrogen (secondary N) is 1. The van der Waals surface area contributed by atoms with Gasteiger partial charge in [-0.1, -0.05) is 54.6 Å². The summed E-state index contributed by atoms with van der Waals surface area (Å²) >= 11 is 0. The summed E-state index contributed by atoms with van der Waals surface area (Å²) < 4.78 is 5.41. The number of hydrogen-bond donors (Lipinski definition) is 1. The summed E-state index contributed by atoms with van der Waals surface area (Å²) in [5.74, 6) is -0.166. The molecule has 32 heavy (non-hydrogen) atoms. The van der Waals surface area contributed by atoms with E-state index in [9.17, 15) is 9.59 Å². The number of ether oxygens (including phenoxy) is 1. The molecule has 6 heteroatoms. The van der Waals surface area contributed by atoms with Gasteiger partial charge in [0.25, 0.3) is 5.91 Å². The minimum absolute atomic E-state index is 0.166. The minimum Gasteiger partial charge on any atom is -0.444 e. The maximum absolute atomic E-state index is 13.7. The highest BCUT2D eigenvalue weighted by Gasteiger charge is 2.34. The van der Waals surface area contributed by atoms with Crippen LogP contribution in [0.15, 0.2) is 66.7 Å². The van der Waals surface area contributed by atoms with Crippen molar-refractivity contribution in [1.82, 2.24) is 5.32 Å². The standard InChI is InChI=1S/C26H29N3O3/c1-26(2,3)32-25(31)27-21-17-28(4)22-14-7-8-15-23(22)29(24(21)30)16-19-12-9-11-18-10-5-6-13-20(18)19/h5-15,21H,16-17H2,1-4H3,(H,27,31)/t21-/m0/s1. The van der Waals surface area contributed by atoms with E-state index in [0.717, 1.165) is 27.7 Å². The second-order valence-electron chi connectivity index (χ2n) is 9.13. The SMILES string of the molecule is CN1C[C@H](NC(=O)OC(C)(C)C)C(=O)N(Cc2cccc3ccccc23)c2ccccc21.